The van der Waals surface area contributed by atoms with Crippen molar-refractivity contribution >= 4 is 29.1 Å². The van der Waals surface area contributed by atoms with Crippen LogP contribution in [0.2, 0.25) is 0 Å². The van der Waals surface area contributed by atoms with Gasteiger partial charge in [0.25, 0.3) is 5.91 Å². The van der Waals surface area contributed by atoms with Crippen molar-refractivity contribution in [1.29, 1.82) is 0 Å². The summed E-state index contributed by atoms with van der Waals surface area (Å²) in [6, 6.07) is 24.4. The number of rotatable bonds is 7. The van der Waals surface area contributed by atoms with Crippen molar-refractivity contribution in [3.63, 3.8) is 0 Å². The summed E-state index contributed by atoms with van der Waals surface area (Å²) in [7, 11) is 0. The third kappa shape index (κ3) is 5.29. The van der Waals surface area contributed by atoms with E-state index in [0.29, 0.717) is 24.3 Å². The van der Waals surface area contributed by atoms with Crippen LogP contribution in [0.25, 0.3) is 0 Å². The minimum Gasteiger partial charge on any atom is -0.348 e. The van der Waals surface area contributed by atoms with Gasteiger partial charge >= 0.3 is 0 Å². The number of carbonyl (C=O) groups is 3. The molecule has 0 saturated carbocycles. The number of carbonyl (C=O) groups excluding carboxylic acids is 3. The highest BCUT2D eigenvalue weighted by Crippen LogP contribution is 2.27. The van der Waals surface area contributed by atoms with Crippen LogP contribution in [0.5, 0.6) is 0 Å². The molecule has 1 fully saturated rings. The van der Waals surface area contributed by atoms with Crippen molar-refractivity contribution in [2.24, 2.45) is 5.92 Å². The fourth-order valence-corrected chi connectivity index (χ4v) is 3.94. The van der Waals surface area contributed by atoms with Crippen LogP contribution in [0, 0.1) is 5.92 Å². The van der Waals surface area contributed by atoms with Crippen molar-refractivity contribution in [3.05, 3.63) is 95.6 Å². The van der Waals surface area contributed by atoms with Crippen LogP contribution in [0.4, 0.5) is 11.4 Å². The zero-order valence-electron chi connectivity index (χ0n) is 18.6. The van der Waals surface area contributed by atoms with Gasteiger partial charge in [0, 0.05) is 25.2 Å². The van der Waals surface area contributed by atoms with Crippen molar-refractivity contribution in [3.8, 4) is 0 Å². The molecule has 4 rings (SSSR count). The first-order chi connectivity index (χ1) is 16.0. The topological polar surface area (TPSA) is 78.5 Å². The number of hydrogen-bond acceptors (Lipinski definition) is 3. The SMILES string of the molecule is CCc1ccc(N2C[C@H](C(=O)Nc3ccccc3C(=O)NCc3ccccc3)CC2=O)cc1. The van der Waals surface area contributed by atoms with Crippen LogP contribution < -0.4 is 15.5 Å². The summed E-state index contributed by atoms with van der Waals surface area (Å²) in [5.74, 6) is -1.09. The normalized spacial score (nSPS) is 15.4. The van der Waals surface area contributed by atoms with Crippen LogP contribution in [-0.4, -0.2) is 24.3 Å². The third-order valence-electron chi connectivity index (χ3n) is 5.88. The predicted molar refractivity (Wildman–Crippen MR) is 129 cm³/mol. The predicted octanol–water partition coefficient (Wildman–Crippen LogP) is 4.17. The summed E-state index contributed by atoms with van der Waals surface area (Å²) in [5.41, 5.74) is 3.81. The van der Waals surface area contributed by atoms with E-state index in [0.717, 1.165) is 17.7 Å². The largest absolute Gasteiger partial charge is 0.348 e. The average molecular weight is 442 g/mol. The number of amides is 3. The van der Waals surface area contributed by atoms with Crippen molar-refractivity contribution in [2.45, 2.75) is 26.3 Å². The molecule has 1 heterocycles. The zero-order chi connectivity index (χ0) is 23.2. The zero-order valence-corrected chi connectivity index (χ0v) is 18.6. The van der Waals surface area contributed by atoms with Gasteiger partial charge < -0.3 is 15.5 Å². The molecule has 0 unspecified atom stereocenters. The Hall–Kier alpha value is -3.93. The molecule has 0 aromatic heterocycles. The lowest BCUT2D eigenvalue weighted by Crippen LogP contribution is -2.29. The number of nitrogens with one attached hydrogen (secondary N) is 2. The second kappa shape index (κ2) is 10.1. The smallest absolute Gasteiger partial charge is 0.253 e. The second-order valence-corrected chi connectivity index (χ2v) is 8.13. The minimum atomic E-state index is -0.483. The molecule has 1 atom stereocenters. The van der Waals surface area contributed by atoms with Gasteiger partial charge in [-0.3, -0.25) is 14.4 Å². The minimum absolute atomic E-state index is 0.0757. The molecule has 1 saturated heterocycles. The summed E-state index contributed by atoms with van der Waals surface area (Å²) < 4.78 is 0. The van der Waals surface area contributed by atoms with Crippen LogP contribution >= 0.6 is 0 Å². The number of anilines is 2. The van der Waals surface area contributed by atoms with Crippen LogP contribution in [0.1, 0.15) is 34.8 Å². The fourth-order valence-electron chi connectivity index (χ4n) is 3.94. The molecule has 2 N–H and O–H groups in total. The third-order valence-corrected chi connectivity index (χ3v) is 5.88. The van der Waals surface area contributed by atoms with E-state index in [4.69, 9.17) is 0 Å². The van der Waals surface area contributed by atoms with Gasteiger partial charge in [0.1, 0.15) is 0 Å². The fraction of sp³-hybridized carbons (Fsp3) is 0.222. The molecular weight excluding hydrogens is 414 g/mol. The first kappa shape index (κ1) is 22.3. The molecule has 6 heteroatoms. The van der Waals surface area contributed by atoms with E-state index in [1.54, 1.807) is 29.2 Å². The highest BCUT2D eigenvalue weighted by Gasteiger charge is 2.35. The van der Waals surface area contributed by atoms with E-state index in [2.05, 4.69) is 17.6 Å². The van der Waals surface area contributed by atoms with E-state index in [-0.39, 0.29) is 24.1 Å². The van der Waals surface area contributed by atoms with Crippen LogP contribution in [0.3, 0.4) is 0 Å². The van der Waals surface area contributed by atoms with Gasteiger partial charge in [0.05, 0.1) is 17.2 Å². The number of hydrogen-bond donors (Lipinski definition) is 2. The summed E-state index contributed by atoms with van der Waals surface area (Å²) >= 11 is 0. The molecule has 3 aromatic rings. The van der Waals surface area contributed by atoms with E-state index in [1.807, 2.05) is 54.6 Å². The highest BCUT2D eigenvalue weighted by molar-refractivity contribution is 6.07. The summed E-state index contributed by atoms with van der Waals surface area (Å²) in [5, 5.41) is 5.75. The monoisotopic (exact) mass is 441 g/mol. The van der Waals surface area contributed by atoms with E-state index >= 15 is 0 Å². The van der Waals surface area contributed by atoms with E-state index in [1.165, 1.54) is 5.56 Å². The van der Waals surface area contributed by atoms with E-state index in [9.17, 15) is 14.4 Å². The maximum atomic E-state index is 13.0. The Morgan fingerprint density at radius 2 is 1.61 bits per heavy atom. The molecule has 1 aliphatic heterocycles. The maximum Gasteiger partial charge on any atom is 0.253 e. The molecule has 168 valence electrons. The molecule has 3 aromatic carbocycles. The standard InChI is InChI=1S/C27H27N3O3/c1-2-19-12-14-22(15-13-19)30-18-21(16-25(30)31)26(32)29-24-11-7-6-10-23(24)27(33)28-17-20-8-4-3-5-9-20/h3-15,21H,2,16-18H2,1H3,(H,28,33)(H,29,32)/t21-/m1/s1. The second-order valence-electron chi connectivity index (χ2n) is 8.13. The molecule has 3 amide bonds. The number of aryl methyl sites for hydroxylation is 1. The Morgan fingerprint density at radius 3 is 2.33 bits per heavy atom. The number of para-hydroxylation sites is 1. The van der Waals surface area contributed by atoms with E-state index < -0.39 is 5.92 Å². The van der Waals surface area contributed by atoms with Gasteiger partial charge in [0.15, 0.2) is 0 Å². The number of benzene rings is 3. The van der Waals surface area contributed by atoms with Gasteiger partial charge in [-0.25, -0.2) is 0 Å². The summed E-state index contributed by atoms with van der Waals surface area (Å²) in [4.78, 5) is 40.0. The highest BCUT2D eigenvalue weighted by atomic mass is 16.2. The molecule has 0 bridgehead atoms. The summed E-state index contributed by atoms with van der Waals surface area (Å²) in [6.45, 7) is 2.79. The average Bonchev–Trinajstić information content (AvgIpc) is 3.25. The van der Waals surface area contributed by atoms with Gasteiger partial charge in [-0.15, -0.1) is 0 Å². The quantitative estimate of drug-likeness (QED) is 0.578. The first-order valence-corrected chi connectivity index (χ1v) is 11.2. The Morgan fingerprint density at radius 1 is 0.909 bits per heavy atom. The van der Waals surface area contributed by atoms with Crippen LogP contribution in [-0.2, 0) is 22.6 Å². The Kier molecular flexibility index (Phi) is 6.83. The summed E-state index contributed by atoms with van der Waals surface area (Å²) in [6.07, 6.45) is 1.07. The first-order valence-electron chi connectivity index (χ1n) is 11.2. The van der Waals surface area contributed by atoms with Crippen molar-refractivity contribution in [2.75, 3.05) is 16.8 Å². The molecular formula is C27H27N3O3. The lowest BCUT2D eigenvalue weighted by Gasteiger charge is -2.17. The Labute approximate surface area is 193 Å². The van der Waals surface area contributed by atoms with Gasteiger partial charge in [-0.1, -0.05) is 61.5 Å². The molecule has 6 nitrogen and oxygen atoms in total. The molecule has 0 aliphatic carbocycles. The van der Waals surface area contributed by atoms with Gasteiger partial charge in [-0.2, -0.15) is 0 Å². The van der Waals surface area contributed by atoms with Gasteiger partial charge in [0.2, 0.25) is 11.8 Å². The lowest BCUT2D eigenvalue weighted by molar-refractivity contribution is -0.122. The number of nitrogens with zero attached hydrogens (tertiary/aromatic N) is 1. The maximum absolute atomic E-state index is 13.0. The molecule has 0 spiro atoms. The van der Waals surface area contributed by atoms with Crippen molar-refractivity contribution < 1.29 is 14.4 Å². The lowest BCUT2D eigenvalue weighted by atomic mass is 10.1. The van der Waals surface area contributed by atoms with Crippen LogP contribution in [0.15, 0.2) is 78.9 Å². The van der Waals surface area contributed by atoms with Crippen molar-refractivity contribution in [1.82, 2.24) is 5.32 Å². The Bertz CT molecular complexity index is 1140. The molecule has 33 heavy (non-hydrogen) atoms. The molecule has 0 radical (unpaired) electrons. The molecule has 1 aliphatic rings. The van der Waals surface area contributed by atoms with Gasteiger partial charge in [-0.05, 0) is 41.8 Å². The Balaban J connectivity index is 1.41.